The van der Waals surface area contributed by atoms with Crippen molar-refractivity contribution in [2.75, 3.05) is 0 Å². The predicted molar refractivity (Wildman–Crippen MR) is 120 cm³/mol. The van der Waals surface area contributed by atoms with Gasteiger partial charge in [0.1, 0.15) is 5.82 Å². The van der Waals surface area contributed by atoms with Gasteiger partial charge in [-0.25, -0.2) is 8.78 Å². The van der Waals surface area contributed by atoms with Crippen molar-refractivity contribution >= 4 is 0 Å². The summed E-state index contributed by atoms with van der Waals surface area (Å²) < 4.78 is 61.9. The van der Waals surface area contributed by atoms with Crippen LogP contribution in [-0.4, -0.2) is 6.11 Å². The summed E-state index contributed by atoms with van der Waals surface area (Å²) in [5, 5.41) is 0. The number of hydrogen-bond acceptors (Lipinski definition) is 1. The number of halogens is 4. The average Bonchev–Trinajstić information content (AvgIpc) is 2.79. The van der Waals surface area contributed by atoms with Gasteiger partial charge in [0.15, 0.2) is 0 Å². The van der Waals surface area contributed by atoms with Crippen LogP contribution in [0.5, 0.6) is 0 Å². The Labute approximate surface area is 189 Å². The third kappa shape index (κ3) is 6.34. The van der Waals surface area contributed by atoms with Gasteiger partial charge in [-0.2, -0.15) is 8.78 Å². The van der Waals surface area contributed by atoms with E-state index in [9.17, 15) is 17.6 Å². The maximum Gasteiger partial charge on any atom is 0.391 e. The molecule has 5 heteroatoms. The van der Waals surface area contributed by atoms with E-state index in [1.165, 1.54) is 37.3 Å². The summed E-state index contributed by atoms with van der Waals surface area (Å²) in [6.45, 7) is 3.71. The number of benzene rings is 2. The van der Waals surface area contributed by atoms with Gasteiger partial charge in [-0.1, -0.05) is 69.5 Å². The van der Waals surface area contributed by atoms with E-state index in [0.29, 0.717) is 23.5 Å². The molecule has 1 aliphatic carbocycles. The first-order chi connectivity index (χ1) is 15.3. The van der Waals surface area contributed by atoms with E-state index in [0.717, 1.165) is 37.3 Å². The monoisotopic (exact) mass is 450 g/mol. The molecule has 2 aromatic carbocycles. The Morgan fingerprint density at radius 3 is 2.19 bits per heavy atom. The molecule has 1 aliphatic rings. The first-order valence-electron chi connectivity index (χ1n) is 11.9. The van der Waals surface area contributed by atoms with Gasteiger partial charge in [0.05, 0.1) is 6.61 Å². The first kappa shape index (κ1) is 24.8. The van der Waals surface area contributed by atoms with Gasteiger partial charge in [0.25, 0.3) is 0 Å². The second-order valence-corrected chi connectivity index (χ2v) is 9.07. The van der Waals surface area contributed by atoms with Crippen molar-refractivity contribution in [2.45, 2.75) is 90.0 Å². The highest BCUT2D eigenvalue weighted by atomic mass is 19.3. The molecule has 1 unspecified atom stereocenters. The molecule has 1 saturated carbocycles. The Hall–Kier alpha value is -1.88. The third-order valence-electron chi connectivity index (χ3n) is 6.60. The number of alkyl halides is 3. The van der Waals surface area contributed by atoms with Crippen molar-refractivity contribution in [2.24, 2.45) is 5.92 Å². The van der Waals surface area contributed by atoms with Crippen molar-refractivity contribution in [1.29, 1.82) is 0 Å². The maximum absolute atomic E-state index is 14.5. The SMILES string of the molecule is CCCc1ccc(C(F)C(F)(F)OCc2ccc(C3CCC(CCC)CC3)cc2)c(F)c1. The molecule has 0 bridgehead atoms. The summed E-state index contributed by atoms with van der Waals surface area (Å²) in [6.07, 6.45) is 1.72. The van der Waals surface area contributed by atoms with Crippen molar-refractivity contribution in [3.05, 3.63) is 70.5 Å². The van der Waals surface area contributed by atoms with Crippen LogP contribution in [0, 0.1) is 11.7 Å². The molecule has 1 fully saturated rings. The fourth-order valence-electron chi connectivity index (χ4n) is 4.73. The van der Waals surface area contributed by atoms with Crippen LogP contribution in [0.1, 0.15) is 93.1 Å². The lowest BCUT2D eigenvalue weighted by Crippen LogP contribution is -2.27. The van der Waals surface area contributed by atoms with Crippen molar-refractivity contribution < 1.29 is 22.3 Å². The molecule has 0 radical (unpaired) electrons. The summed E-state index contributed by atoms with van der Waals surface area (Å²) in [5.74, 6) is 0.366. The third-order valence-corrected chi connectivity index (χ3v) is 6.60. The Kier molecular flexibility index (Phi) is 8.75. The van der Waals surface area contributed by atoms with Crippen LogP contribution in [0.15, 0.2) is 42.5 Å². The summed E-state index contributed by atoms with van der Waals surface area (Å²) in [7, 11) is 0. The molecule has 0 aromatic heterocycles. The van der Waals surface area contributed by atoms with Crippen LogP contribution < -0.4 is 0 Å². The Morgan fingerprint density at radius 2 is 1.59 bits per heavy atom. The lowest BCUT2D eigenvalue weighted by molar-refractivity contribution is -0.282. The van der Waals surface area contributed by atoms with E-state index in [2.05, 4.69) is 11.7 Å². The summed E-state index contributed by atoms with van der Waals surface area (Å²) in [4.78, 5) is 0. The fraction of sp³-hybridized carbons (Fsp3) is 0.556. The molecular formula is C27H34F4O. The molecule has 3 rings (SSSR count). The van der Waals surface area contributed by atoms with Crippen molar-refractivity contribution in [3.63, 3.8) is 0 Å². The molecule has 0 amide bonds. The average molecular weight is 451 g/mol. The molecule has 0 heterocycles. The minimum atomic E-state index is -4.12. The molecule has 176 valence electrons. The molecule has 1 atom stereocenters. The molecule has 32 heavy (non-hydrogen) atoms. The van der Waals surface area contributed by atoms with Gasteiger partial charge in [-0.3, -0.25) is 0 Å². The molecule has 1 nitrogen and oxygen atoms in total. The zero-order valence-electron chi connectivity index (χ0n) is 19.1. The van der Waals surface area contributed by atoms with Gasteiger partial charge in [0.2, 0.25) is 6.17 Å². The summed E-state index contributed by atoms with van der Waals surface area (Å²) >= 11 is 0. The van der Waals surface area contributed by atoms with Gasteiger partial charge in [0, 0.05) is 5.56 Å². The molecule has 2 aromatic rings. The Balaban J connectivity index is 1.56. The van der Waals surface area contributed by atoms with Crippen molar-refractivity contribution in [1.82, 2.24) is 0 Å². The van der Waals surface area contributed by atoms with Crippen LogP contribution in [-0.2, 0) is 17.8 Å². The van der Waals surface area contributed by atoms with Gasteiger partial charge in [-0.15, -0.1) is 0 Å². The zero-order chi connectivity index (χ0) is 23.1. The second-order valence-electron chi connectivity index (χ2n) is 9.07. The van der Waals surface area contributed by atoms with Crippen LogP contribution in [0.3, 0.4) is 0 Å². The van der Waals surface area contributed by atoms with Crippen LogP contribution >= 0.6 is 0 Å². The minimum absolute atomic E-state index is 0.438. The summed E-state index contributed by atoms with van der Waals surface area (Å²) in [6, 6.07) is 11.1. The van der Waals surface area contributed by atoms with Gasteiger partial charge < -0.3 is 4.74 Å². The Bertz CT molecular complexity index is 841. The van der Waals surface area contributed by atoms with E-state index in [1.54, 1.807) is 12.1 Å². The number of rotatable bonds is 10. The lowest BCUT2D eigenvalue weighted by Gasteiger charge is -2.28. The highest BCUT2D eigenvalue weighted by Gasteiger charge is 2.44. The second kappa shape index (κ2) is 11.3. The van der Waals surface area contributed by atoms with Crippen LogP contribution in [0.2, 0.25) is 0 Å². The fourth-order valence-corrected chi connectivity index (χ4v) is 4.73. The lowest BCUT2D eigenvalue weighted by atomic mass is 9.77. The normalized spacial score (nSPS) is 20.3. The number of hydrogen-bond donors (Lipinski definition) is 0. The van der Waals surface area contributed by atoms with E-state index in [4.69, 9.17) is 0 Å². The van der Waals surface area contributed by atoms with Gasteiger partial charge >= 0.3 is 6.11 Å². The smallest absolute Gasteiger partial charge is 0.313 e. The number of aryl methyl sites for hydroxylation is 1. The Morgan fingerprint density at radius 1 is 0.938 bits per heavy atom. The maximum atomic E-state index is 14.5. The van der Waals surface area contributed by atoms with E-state index >= 15 is 0 Å². The highest BCUT2D eigenvalue weighted by Crippen LogP contribution is 2.39. The van der Waals surface area contributed by atoms with Gasteiger partial charge in [-0.05, 0) is 66.7 Å². The zero-order valence-corrected chi connectivity index (χ0v) is 19.1. The quantitative estimate of drug-likeness (QED) is 0.329. The van der Waals surface area contributed by atoms with Crippen molar-refractivity contribution in [3.8, 4) is 0 Å². The molecule has 0 spiro atoms. The summed E-state index contributed by atoms with van der Waals surface area (Å²) in [5.41, 5.74) is 1.74. The van der Waals surface area contributed by atoms with E-state index in [1.807, 2.05) is 19.1 Å². The molecular weight excluding hydrogens is 416 g/mol. The largest absolute Gasteiger partial charge is 0.391 e. The van der Waals surface area contributed by atoms with E-state index in [-0.39, 0.29) is 0 Å². The molecule has 0 saturated heterocycles. The number of ether oxygens (including phenoxy) is 1. The minimum Gasteiger partial charge on any atom is -0.313 e. The van der Waals surface area contributed by atoms with E-state index < -0.39 is 30.3 Å². The predicted octanol–water partition coefficient (Wildman–Crippen LogP) is 8.67. The molecule has 0 aliphatic heterocycles. The van der Waals surface area contributed by atoms with Crippen LogP contribution in [0.25, 0.3) is 0 Å². The topological polar surface area (TPSA) is 9.23 Å². The standard InChI is InChI=1S/C27H34F4O/c1-3-5-19-7-12-22(13-8-19)23-14-9-21(10-15-23)18-32-27(30,31)26(29)24-16-11-20(6-4-2)17-25(24)28/h9-11,14-17,19,22,26H,3-8,12-13,18H2,1-2H3. The molecule has 0 N–H and O–H groups in total. The first-order valence-corrected chi connectivity index (χ1v) is 11.9. The highest BCUT2D eigenvalue weighted by molar-refractivity contribution is 5.28. The van der Waals surface area contributed by atoms with Crippen LogP contribution in [0.4, 0.5) is 17.6 Å².